The van der Waals surface area contributed by atoms with Crippen LogP contribution < -0.4 is 16.4 Å². The first-order valence-corrected chi connectivity index (χ1v) is 6.50. The number of carbonyl (C=O) groups is 3. The molecule has 0 aliphatic carbocycles. The number of hydrogen-bond acceptors (Lipinski definition) is 5. The van der Waals surface area contributed by atoms with Gasteiger partial charge in [0, 0.05) is 26.2 Å². The lowest BCUT2D eigenvalue weighted by atomic mass is 9.79. The fourth-order valence-electron chi connectivity index (χ4n) is 2.43. The van der Waals surface area contributed by atoms with Gasteiger partial charge in [0.15, 0.2) is 0 Å². The molecule has 0 aromatic carbocycles. The lowest BCUT2D eigenvalue weighted by Gasteiger charge is -2.36. The zero-order valence-corrected chi connectivity index (χ0v) is 10.7. The Morgan fingerprint density at radius 3 is 2.68 bits per heavy atom. The minimum Gasteiger partial charge on any atom is -0.381 e. The molecule has 1 atom stereocenters. The van der Waals surface area contributed by atoms with E-state index < -0.39 is 17.4 Å². The van der Waals surface area contributed by atoms with E-state index in [9.17, 15) is 14.4 Å². The molecule has 2 fully saturated rings. The van der Waals surface area contributed by atoms with Crippen molar-refractivity contribution < 1.29 is 19.1 Å². The largest absolute Gasteiger partial charge is 0.381 e. The number of ether oxygens (including phenoxy) is 1. The number of piperidine rings is 1. The topological polar surface area (TPSA) is 111 Å². The van der Waals surface area contributed by atoms with Crippen LogP contribution in [-0.4, -0.2) is 43.5 Å². The number of rotatable bonds is 3. The zero-order chi connectivity index (χ0) is 13.9. The van der Waals surface area contributed by atoms with Crippen LogP contribution in [0, 0.1) is 5.41 Å². The zero-order valence-electron chi connectivity index (χ0n) is 10.7. The lowest BCUT2D eigenvalue weighted by molar-refractivity contribution is -0.142. The summed E-state index contributed by atoms with van der Waals surface area (Å²) in [5.74, 6) is -0.952. The highest BCUT2D eigenvalue weighted by Gasteiger charge is 2.41. The molecule has 0 radical (unpaired) electrons. The molecule has 1 unspecified atom stereocenters. The molecule has 2 saturated heterocycles. The Kier molecular flexibility index (Phi) is 4.16. The third-order valence-electron chi connectivity index (χ3n) is 3.87. The quantitative estimate of drug-likeness (QED) is 0.549. The SMILES string of the molecule is NCC1(C(=O)NC2CCC(=O)NC2=O)CCOCC1. The molecule has 0 bridgehead atoms. The summed E-state index contributed by atoms with van der Waals surface area (Å²) in [7, 11) is 0. The molecule has 7 nitrogen and oxygen atoms in total. The Balaban J connectivity index is 1.99. The second-order valence-electron chi connectivity index (χ2n) is 5.07. The number of imide groups is 1. The van der Waals surface area contributed by atoms with Crippen molar-refractivity contribution in [3.05, 3.63) is 0 Å². The van der Waals surface area contributed by atoms with Crippen LogP contribution in [0.5, 0.6) is 0 Å². The Hall–Kier alpha value is -1.47. The van der Waals surface area contributed by atoms with E-state index in [0.717, 1.165) is 0 Å². The summed E-state index contributed by atoms with van der Waals surface area (Å²) in [6.45, 7) is 1.23. The molecular weight excluding hydrogens is 250 g/mol. The van der Waals surface area contributed by atoms with Crippen molar-refractivity contribution in [2.24, 2.45) is 11.1 Å². The fourth-order valence-corrected chi connectivity index (χ4v) is 2.43. The maximum Gasteiger partial charge on any atom is 0.249 e. The van der Waals surface area contributed by atoms with Crippen LogP contribution in [0.25, 0.3) is 0 Å². The molecule has 2 aliphatic heterocycles. The minimum absolute atomic E-state index is 0.215. The first-order chi connectivity index (χ1) is 9.07. The van der Waals surface area contributed by atoms with E-state index in [1.165, 1.54) is 0 Å². The van der Waals surface area contributed by atoms with Crippen LogP contribution >= 0.6 is 0 Å². The van der Waals surface area contributed by atoms with Gasteiger partial charge in [-0.1, -0.05) is 0 Å². The van der Waals surface area contributed by atoms with Crippen LogP contribution in [0.2, 0.25) is 0 Å². The Morgan fingerprint density at radius 1 is 1.42 bits per heavy atom. The van der Waals surface area contributed by atoms with Crippen LogP contribution in [-0.2, 0) is 19.1 Å². The average Bonchev–Trinajstić information content (AvgIpc) is 2.42. The molecule has 4 N–H and O–H groups in total. The monoisotopic (exact) mass is 269 g/mol. The number of nitrogens with two attached hydrogens (primary N) is 1. The molecule has 0 aromatic heterocycles. The van der Waals surface area contributed by atoms with Crippen LogP contribution in [0.15, 0.2) is 0 Å². The number of carbonyl (C=O) groups excluding carboxylic acids is 3. The van der Waals surface area contributed by atoms with E-state index in [-0.39, 0.29) is 24.8 Å². The van der Waals surface area contributed by atoms with Crippen molar-refractivity contribution in [1.29, 1.82) is 0 Å². The number of amides is 3. The predicted octanol–water partition coefficient (Wildman–Crippen LogP) is -1.34. The first kappa shape index (κ1) is 14.0. The van der Waals surface area contributed by atoms with Crippen molar-refractivity contribution in [2.75, 3.05) is 19.8 Å². The third-order valence-corrected chi connectivity index (χ3v) is 3.87. The summed E-state index contributed by atoms with van der Waals surface area (Å²) in [5, 5.41) is 4.93. The van der Waals surface area contributed by atoms with Gasteiger partial charge in [-0.15, -0.1) is 0 Å². The Morgan fingerprint density at radius 2 is 2.11 bits per heavy atom. The minimum atomic E-state index is -0.653. The summed E-state index contributed by atoms with van der Waals surface area (Å²) in [4.78, 5) is 35.0. The lowest BCUT2D eigenvalue weighted by Crippen LogP contribution is -2.57. The molecule has 2 heterocycles. The van der Waals surface area contributed by atoms with E-state index in [1.54, 1.807) is 0 Å². The smallest absolute Gasteiger partial charge is 0.249 e. The maximum atomic E-state index is 12.3. The highest BCUT2D eigenvalue weighted by atomic mass is 16.5. The third kappa shape index (κ3) is 2.93. The van der Waals surface area contributed by atoms with Crippen molar-refractivity contribution in [1.82, 2.24) is 10.6 Å². The Bertz CT molecular complexity index is 390. The van der Waals surface area contributed by atoms with Crippen LogP contribution in [0.3, 0.4) is 0 Å². The molecule has 0 saturated carbocycles. The summed E-state index contributed by atoms with van der Waals surface area (Å²) in [5.41, 5.74) is 5.08. The molecule has 2 aliphatic rings. The summed E-state index contributed by atoms with van der Waals surface area (Å²) >= 11 is 0. The van der Waals surface area contributed by atoms with Gasteiger partial charge in [0.1, 0.15) is 6.04 Å². The molecule has 3 amide bonds. The normalized spacial score (nSPS) is 26.7. The summed E-state index contributed by atoms with van der Waals surface area (Å²) < 4.78 is 5.24. The fraction of sp³-hybridized carbons (Fsp3) is 0.750. The van der Waals surface area contributed by atoms with Crippen molar-refractivity contribution in [2.45, 2.75) is 31.7 Å². The van der Waals surface area contributed by atoms with Crippen LogP contribution in [0.1, 0.15) is 25.7 Å². The van der Waals surface area contributed by atoms with Gasteiger partial charge in [0.2, 0.25) is 17.7 Å². The molecule has 2 rings (SSSR count). The second-order valence-corrected chi connectivity index (χ2v) is 5.07. The van der Waals surface area contributed by atoms with Gasteiger partial charge in [0.05, 0.1) is 5.41 Å². The highest BCUT2D eigenvalue weighted by Crippen LogP contribution is 2.29. The van der Waals surface area contributed by atoms with E-state index in [4.69, 9.17) is 10.5 Å². The van der Waals surface area contributed by atoms with E-state index in [0.29, 0.717) is 32.5 Å². The molecular formula is C12H19N3O4. The van der Waals surface area contributed by atoms with Crippen molar-refractivity contribution in [3.8, 4) is 0 Å². The van der Waals surface area contributed by atoms with Gasteiger partial charge in [0.25, 0.3) is 0 Å². The second kappa shape index (κ2) is 5.66. The standard InChI is InChI=1S/C12H19N3O4/c13-7-12(3-5-19-6-4-12)11(18)14-8-1-2-9(16)15-10(8)17/h8H,1-7,13H2,(H,14,18)(H,15,16,17). The number of hydrogen-bond donors (Lipinski definition) is 3. The molecule has 0 spiro atoms. The summed E-state index contributed by atoms with van der Waals surface area (Å²) in [6, 6.07) is -0.642. The average molecular weight is 269 g/mol. The summed E-state index contributed by atoms with van der Waals surface area (Å²) in [6.07, 6.45) is 1.70. The molecule has 7 heteroatoms. The van der Waals surface area contributed by atoms with Gasteiger partial charge in [-0.3, -0.25) is 19.7 Å². The van der Waals surface area contributed by atoms with Gasteiger partial charge in [-0.25, -0.2) is 0 Å². The van der Waals surface area contributed by atoms with E-state index in [1.807, 2.05) is 0 Å². The van der Waals surface area contributed by atoms with Crippen molar-refractivity contribution >= 4 is 17.7 Å². The molecule has 0 aromatic rings. The van der Waals surface area contributed by atoms with Gasteiger partial charge in [-0.05, 0) is 19.3 Å². The molecule has 19 heavy (non-hydrogen) atoms. The predicted molar refractivity (Wildman–Crippen MR) is 65.9 cm³/mol. The van der Waals surface area contributed by atoms with Gasteiger partial charge >= 0.3 is 0 Å². The van der Waals surface area contributed by atoms with Crippen LogP contribution in [0.4, 0.5) is 0 Å². The molecule has 106 valence electrons. The van der Waals surface area contributed by atoms with Gasteiger partial charge < -0.3 is 15.8 Å². The van der Waals surface area contributed by atoms with E-state index >= 15 is 0 Å². The highest BCUT2D eigenvalue weighted by molar-refractivity contribution is 6.02. The van der Waals surface area contributed by atoms with Crippen molar-refractivity contribution in [3.63, 3.8) is 0 Å². The first-order valence-electron chi connectivity index (χ1n) is 6.50. The maximum absolute atomic E-state index is 12.3. The van der Waals surface area contributed by atoms with E-state index in [2.05, 4.69) is 10.6 Å². The Labute approximate surface area is 111 Å². The van der Waals surface area contributed by atoms with Gasteiger partial charge in [-0.2, -0.15) is 0 Å². The number of nitrogens with one attached hydrogen (secondary N) is 2.